The van der Waals surface area contributed by atoms with Crippen molar-refractivity contribution in [3.63, 3.8) is 0 Å². The highest BCUT2D eigenvalue weighted by Gasteiger charge is 2.24. The fourth-order valence-electron chi connectivity index (χ4n) is 2.40. The third kappa shape index (κ3) is 3.26. The number of aromatic nitrogens is 1. The summed E-state index contributed by atoms with van der Waals surface area (Å²) < 4.78 is 1.46. The lowest BCUT2D eigenvalue weighted by molar-refractivity contribution is -0.384. The Morgan fingerprint density at radius 3 is 2.89 bits per heavy atom. The first-order chi connectivity index (χ1) is 8.97. The number of alkyl halides is 1. The molecular weight excluding hydrogens is 270 g/mol. The Morgan fingerprint density at radius 2 is 2.37 bits per heavy atom. The summed E-state index contributed by atoms with van der Waals surface area (Å²) in [7, 11) is 1.62. The summed E-state index contributed by atoms with van der Waals surface area (Å²) in [6.07, 6.45) is 4.24. The lowest BCUT2D eigenvalue weighted by atomic mass is 10.1. The largest absolute Gasteiger partial charge is 0.350 e. The Labute approximate surface area is 115 Å². The van der Waals surface area contributed by atoms with Gasteiger partial charge >= 0.3 is 0 Å². The molecule has 0 radical (unpaired) electrons. The molecule has 104 valence electrons. The zero-order chi connectivity index (χ0) is 14.0. The highest BCUT2D eigenvalue weighted by atomic mass is 35.5. The number of carbonyl (C=O) groups excluding carboxylic acids is 1. The first kappa shape index (κ1) is 13.9. The molecule has 0 bridgehead atoms. The Morgan fingerprint density at radius 1 is 1.63 bits per heavy atom. The van der Waals surface area contributed by atoms with Crippen LogP contribution in [0.25, 0.3) is 0 Å². The van der Waals surface area contributed by atoms with Gasteiger partial charge in [0.1, 0.15) is 5.69 Å². The molecule has 1 aromatic heterocycles. The summed E-state index contributed by atoms with van der Waals surface area (Å²) in [4.78, 5) is 22.1. The van der Waals surface area contributed by atoms with Gasteiger partial charge < -0.3 is 9.88 Å². The van der Waals surface area contributed by atoms with Crippen LogP contribution in [0.15, 0.2) is 12.3 Å². The van der Waals surface area contributed by atoms with Crippen LogP contribution >= 0.6 is 11.6 Å². The summed E-state index contributed by atoms with van der Waals surface area (Å²) in [6.45, 7) is 0.570. The van der Waals surface area contributed by atoms with E-state index in [-0.39, 0.29) is 17.0 Å². The fourth-order valence-corrected chi connectivity index (χ4v) is 2.78. The first-order valence-electron chi connectivity index (χ1n) is 6.20. The molecule has 0 spiro atoms. The second kappa shape index (κ2) is 5.61. The highest BCUT2D eigenvalue weighted by Crippen LogP contribution is 2.28. The summed E-state index contributed by atoms with van der Waals surface area (Å²) in [5.41, 5.74) is 0.224. The number of halogens is 1. The Hall–Kier alpha value is -1.56. The number of nitrogens with one attached hydrogen (secondary N) is 1. The van der Waals surface area contributed by atoms with E-state index in [0.29, 0.717) is 18.2 Å². The summed E-state index contributed by atoms with van der Waals surface area (Å²) in [5.74, 6) is 0.121. The molecule has 0 aliphatic heterocycles. The third-order valence-electron chi connectivity index (χ3n) is 3.46. The minimum atomic E-state index is -0.508. The monoisotopic (exact) mass is 285 g/mol. The molecule has 1 aliphatic rings. The molecular formula is C12H16ClN3O3. The molecule has 0 aromatic carbocycles. The van der Waals surface area contributed by atoms with Gasteiger partial charge in [-0.1, -0.05) is 0 Å². The molecule has 2 atom stereocenters. The second-order valence-corrected chi connectivity index (χ2v) is 5.56. The minimum Gasteiger partial charge on any atom is -0.350 e. The van der Waals surface area contributed by atoms with E-state index in [9.17, 15) is 14.9 Å². The summed E-state index contributed by atoms with van der Waals surface area (Å²) in [6, 6.07) is 1.29. The number of amides is 1. The molecule has 1 heterocycles. The van der Waals surface area contributed by atoms with Crippen molar-refractivity contribution in [2.24, 2.45) is 13.0 Å². The van der Waals surface area contributed by atoms with Crippen molar-refractivity contribution < 1.29 is 9.72 Å². The van der Waals surface area contributed by atoms with Crippen molar-refractivity contribution in [3.8, 4) is 0 Å². The van der Waals surface area contributed by atoms with Gasteiger partial charge in [-0.15, -0.1) is 11.6 Å². The number of hydrogen-bond donors (Lipinski definition) is 1. The van der Waals surface area contributed by atoms with Crippen LogP contribution in [-0.2, 0) is 7.05 Å². The van der Waals surface area contributed by atoms with E-state index >= 15 is 0 Å². The normalized spacial score (nSPS) is 22.4. The second-order valence-electron chi connectivity index (χ2n) is 4.94. The number of carbonyl (C=O) groups is 1. The SMILES string of the molecule is Cn1cc([N+](=O)[O-])cc1C(=O)NCC1CCC(Cl)C1. The van der Waals surface area contributed by atoms with Crippen molar-refractivity contribution in [3.05, 3.63) is 28.1 Å². The molecule has 19 heavy (non-hydrogen) atoms. The third-order valence-corrected chi connectivity index (χ3v) is 3.86. The van der Waals surface area contributed by atoms with Crippen LogP contribution in [0.2, 0.25) is 0 Å². The predicted octanol–water partition coefficient (Wildman–Crippen LogP) is 2.07. The van der Waals surface area contributed by atoms with E-state index in [1.54, 1.807) is 7.05 Å². The number of nitrogens with zero attached hydrogens (tertiary/aromatic N) is 2. The first-order valence-corrected chi connectivity index (χ1v) is 6.64. The van der Waals surface area contributed by atoms with Gasteiger partial charge in [-0.3, -0.25) is 14.9 Å². The van der Waals surface area contributed by atoms with Gasteiger partial charge in [0.25, 0.3) is 11.6 Å². The van der Waals surface area contributed by atoms with Crippen LogP contribution in [-0.4, -0.2) is 27.3 Å². The topological polar surface area (TPSA) is 77.2 Å². The van der Waals surface area contributed by atoms with Crippen molar-refractivity contribution in [1.29, 1.82) is 0 Å². The zero-order valence-corrected chi connectivity index (χ0v) is 11.4. The van der Waals surface area contributed by atoms with E-state index in [1.807, 2.05) is 0 Å². The lowest BCUT2D eigenvalue weighted by Crippen LogP contribution is -2.29. The number of nitro groups is 1. The maximum absolute atomic E-state index is 12.0. The smallest absolute Gasteiger partial charge is 0.287 e. The molecule has 7 heteroatoms. The van der Waals surface area contributed by atoms with Crippen LogP contribution in [0.5, 0.6) is 0 Å². The van der Waals surface area contributed by atoms with Crippen LogP contribution in [0.1, 0.15) is 29.8 Å². The average molecular weight is 286 g/mol. The summed E-state index contributed by atoms with van der Waals surface area (Å²) >= 11 is 6.01. The molecule has 1 N–H and O–H groups in total. The van der Waals surface area contributed by atoms with Gasteiger partial charge in [-0.2, -0.15) is 0 Å². The van der Waals surface area contributed by atoms with Gasteiger partial charge in [0.15, 0.2) is 0 Å². The number of rotatable bonds is 4. The van der Waals surface area contributed by atoms with Gasteiger partial charge in [0.2, 0.25) is 0 Å². The molecule has 0 saturated heterocycles. The molecule has 2 rings (SSSR count). The zero-order valence-electron chi connectivity index (χ0n) is 10.6. The summed E-state index contributed by atoms with van der Waals surface area (Å²) in [5, 5.41) is 13.7. The highest BCUT2D eigenvalue weighted by molar-refractivity contribution is 6.20. The van der Waals surface area contributed by atoms with Crippen LogP contribution in [0, 0.1) is 16.0 Å². The quantitative estimate of drug-likeness (QED) is 0.523. The van der Waals surface area contributed by atoms with Crippen LogP contribution in [0.3, 0.4) is 0 Å². The molecule has 2 unspecified atom stereocenters. The maximum atomic E-state index is 12.0. The van der Waals surface area contributed by atoms with E-state index in [2.05, 4.69) is 5.32 Å². The van der Waals surface area contributed by atoms with Gasteiger partial charge in [0.05, 0.1) is 11.1 Å². The predicted molar refractivity (Wildman–Crippen MR) is 71.4 cm³/mol. The number of hydrogen-bond acceptors (Lipinski definition) is 3. The molecule has 1 aromatic rings. The van der Waals surface area contributed by atoms with Crippen molar-refractivity contribution in [2.45, 2.75) is 24.6 Å². The molecule has 1 fully saturated rings. The van der Waals surface area contributed by atoms with E-state index < -0.39 is 4.92 Å². The molecule has 1 amide bonds. The van der Waals surface area contributed by atoms with E-state index in [1.165, 1.54) is 16.8 Å². The minimum absolute atomic E-state index is 0.0747. The van der Waals surface area contributed by atoms with Gasteiger partial charge in [-0.25, -0.2) is 0 Å². The van der Waals surface area contributed by atoms with E-state index in [0.717, 1.165) is 19.3 Å². The number of aryl methyl sites for hydroxylation is 1. The standard InChI is InChI=1S/C12H16ClN3O3/c1-15-7-10(16(18)19)5-11(15)12(17)14-6-8-2-3-9(13)4-8/h5,7-9H,2-4,6H2,1H3,(H,14,17). The Kier molecular flexibility index (Phi) is 4.09. The van der Waals surface area contributed by atoms with Gasteiger partial charge in [0, 0.05) is 25.0 Å². The Bertz CT molecular complexity index is 500. The fraction of sp³-hybridized carbons (Fsp3) is 0.583. The molecule has 1 saturated carbocycles. The maximum Gasteiger partial charge on any atom is 0.287 e. The van der Waals surface area contributed by atoms with E-state index in [4.69, 9.17) is 11.6 Å². The van der Waals surface area contributed by atoms with Crippen molar-refractivity contribution in [1.82, 2.24) is 9.88 Å². The molecule has 1 aliphatic carbocycles. The van der Waals surface area contributed by atoms with Crippen LogP contribution in [0.4, 0.5) is 5.69 Å². The van der Waals surface area contributed by atoms with Crippen molar-refractivity contribution in [2.75, 3.05) is 6.54 Å². The molecule has 6 nitrogen and oxygen atoms in total. The van der Waals surface area contributed by atoms with Crippen molar-refractivity contribution >= 4 is 23.2 Å². The lowest BCUT2D eigenvalue weighted by Gasteiger charge is -2.10. The van der Waals surface area contributed by atoms with Gasteiger partial charge in [-0.05, 0) is 25.2 Å². The Balaban J connectivity index is 1.94. The van der Waals surface area contributed by atoms with Crippen LogP contribution < -0.4 is 5.32 Å². The average Bonchev–Trinajstić information content (AvgIpc) is 2.92.